The van der Waals surface area contributed by atoms with E-state index in [1.54, 1.807) is 18.3 Å². The Kier molecular flexibility index (Phi) is 7.42. The number of hydrogen-bond donors (Lipinski definition) is 1. The SMILES string of the molecule is C=CCn1c(SCC(=O)Nc2ccc(Br)cn2)nnc1C(C)Oc1ccccc1. The number of hydrogen-bond acceptors (Lipinski definition) is 6. The Balaban J connectivity index is 1.65. The van der Waals surface area contributed by atoms with Crippen LogP contribution in [-0.4, -0.2) is 31.4 Å². The number of anilines is 1. The summed E-state index contributed by atoms with van der Waals surface area (Å²) in [4.78, 5) is 16.4. The summed E-state index contributed by atoms with van der Waals surface area (Å²) in [7, 11) is 0. The largest absolute Gasteiger partial charge is 0.483 e. The van der Waals surface area contributed by atoms with Crippen LogP contribution in [0.15, 0.2) is 70.9 Å². The highest BCUT2D eigenvalue weighted by atomic mass is 79.9. The fourth-order valence-electron chi connectivity index (χ4n) is 2.52. The molecule has 0 aliphatic rings. The number of pyridine rings is 1. The van der Waals surface area contributed by atoms with Crippen molar-refractivity contribution in [3.05, 3.63) is 71.6 Å². The van der Waals surface area contributed by atoms with Gasteiger partial charge in [-0.3, -0.25) is 9.36 Å². The van der Waals surface area contributed by atoms with Crippen molar-refractivity contribution in [2.24, 2.45) is 0 Å². The molecule has 0 fully saturated rings. The molecular formula is C20H20BrN5O2S. The minimum absolute atomic E-state index is 0.173. The molecule has 0 aliphatic carbocycles. The van der Waals surface area contributed by atoms with Crippen LogP contribution in [0.3, 0.4) is 0 Å². The zero-order valence-corrected chi connectivity index (χ0v) is 18.2. The molecule has 2 heterocycles. The Hall–Kier alpha value is -2.65. The number of nitrogens with one attached hydrogen (secondary N) is 1. The van der Waals surface area contributed by atoms with E-state index in [0.29, 0.717) is 23.3 Å². The van der Waals surface area contributed by atoms with Crippen LogP contribution in [0.5, 0.6) is 5.75 Å². The summed E-state index contributed by atoms with van der Waals surface area (Å²) in [6.07, 6.45) is 3.09. The first-order chi connectivity index (χ1) is 14.1. The monoisotopic (exact) mass is 473 g/mol. The fourth-order valence-corrected chi connectivity index (χ4v) is 3.51. The molecule has 3 aromatic rings. The van der Waals surface area contributed by atoms with Crippen molar-refractivity contribution >= 4 is 39.4 Å². The third kappa shape index (κ3) is 5.91. The van der Waals surface area contributed by atoms with E-state index in [-0.39, 0.29) is 17.8 Å². The Labute approximate surface area is 181 Å². The molecule has 1 atom stereocenters. The average Bonchev–Trinajstić information content (AvgIpc) is 3.12. The molecule has 0 bridgehead atoms. The number of nitrogens with zero attached hydrogens (tertiary/aromatic N) is 4. The number of thioether (sulfide) groups is 1. The minimum Gasteiger partial charge on any atom is -0.483 e. The van der Waals surface area contributed by atoms with Crippen LogP contribution in [0.1, 0.15) is 18.9 Å². The first-order valence-electron chi connectivity index (χ1n) is 8.86. The fraction of sp³-hybridized carbons (Fsp3) is 0.200. The van der Waals surface area contributed by atoms with E-state index in [2.05, 4.69) is 43.0 Å². The van der Waals surface area contributed by atoms with E-state index >= 15 is 0 Å². The van der Waals surface area contributed by atoms with E-state index < -0.39 is 0 Å². The molecule has 0 saturated heterocycles. The van der Waals surface area contributed by atoms with Crippen LogP contribution in [0.25, 0.3) is 0 Å². The van der Waals surface area contributed by atoms with Crippen molar-refractivity contribution in [1.29, 1.82) is 0 Å². The second-order valence-electron chi connectivity index (χ2n) is 6.01. The van der Waals surface area contributed by atoms with Gasteiger partial charge in [0.1, 0.15) is 11.6 Å². The summed E-state index contributed by atoms with van der Waals surface area (Å²) >= 11 is 4.61. The number of rotatable bonds is 9. The minimum atomic E-state index is -0.306. The van der Waals surface area contributed by atoms with E-state index in [4.69, 9.17) is 4.74 Å². The second-order valence-corrected chi connectivity index (χ2v) is 7.87. The van der Waals surface area contributed by atoms with Crippen molar-refractivity contribution in [3.8, 4) is 5.75 Å². The topological polar surface area (TPSA) is 81.9 Å². The zero-order valence-electron chi connectivity index (χ0n) is 15.8. The molecule has 29 heavy (non-hydrogen) atoms. The number of benzene rings is 1. The molecule has 0 saturated carbocycles. The smallest absolute Gasteiger partial charge is 0.236 e. The number of halogens is 1. The Morgan fingerprint density at radius 2 is 2.10 bits per heavy atom. The summed E-state index contributed by atoms with van der Waals surface area (Å²) < 4.78 is 8.70. The maximum atomic E-state index is 12.2. The molecular weight excluding hydrogens is 454 g/mol. The molecule has 1 amide bonds. The van der Waals surface area contributed by atoms with Crippen molar-refractivity contribution < 1.29 is 9.53 Å². The van der Waals surface area contributed by atoms with Gasteiger partial charge in [0, 0.05) is 17.2 Å². The number of amides is 1. The quantitative estimate of drug-likeness (QED) is 0.364. The lowest BCUT2D eigenvalue weighted by Crippen LogP contribution is -2.16. The van der Waals surface area contributed by atoms with Gasteiger partial charge in [0.15, 0.2) is 17.1 Å². The molecule has 7 nitrogen and oxygen atoms in total. The van der Waals surface area contributed by atoms with Gasteiger partial charge in [-0.25, -0.2) is 4.98 Å². The third-order valence-electron chi connectivity index (χ3n) is 3.80. The summed E-state index contributed by atoms with van der Waals surface area (Å²) in [5.74, 6) is 1.93. The highest BCUT2D eigenvalue weighted by Crippen LogP contribution is 2.24. The lowest BCUT2D eigenvalue weighted by Gasteiger charge is -2.15. The Morgan fingerprint density at radius 3 is 2.79 bits per heavy atom. The van der Waals surface area contributed by atoms with Crippen LogP contribution < -0.4 is 10.1 Å². The third-order valence-corrected chi connectivity index (χ3v) is 5.24. The molecule has 2 aromatic heterocycles. The van der Waals surface area contributed by atoms with Crippen LogP contribution in [0.2, 0.25) is 0 Å². The van der Waals surface area contributed by atoms with Crippen LogP contribution >= 0.6 is 27.7 Å². The number of aromatic nitrogens is 4. The first-order valence-corrected chi connectivity index (χ1v) is 10.6. The molecule has 0 radical (unpaired) electrons. The highest BCUT2D eigenvalue weighted by Gasteiger charge is 2.19. The summed E-state index contributed by atoms with van der Waals surface area (Å²) in [5.41, 5.74) is 0. The lowest BCUT2D eigenvalue weighted by atomic mass is 10.3. The first kappa shape index (κ1) is 21.1. The maximum Gasteiger partial charge on any atom is 0.236 e. The Bertz CT molecular complexity index is 963. The molecule has 0 aliphatic heterocycles. The van der Waals surface area contributed by atoms with Crippen molar-refractivity contribution in [2.75, 3.05) is 11.1 Å². The summed E-state index contributed by atoms with van der Waals surface area (Å²) in [5, 5.41) is 11.9. The van der Waals surface area contributed by atoms with Gasteiger partial charge in [0.2, 0.25) is 5.91 Å². The molecule has 1 unspecified atom stereocenters. The lowest BCUT2D eigenvalue weighted by molar-refractivity contribution is -0.113. The van der Waals surface area contributed by atoms with Gasteiger partial charge in [0.05, 0.1) is 5.75 Å². The van der Waals surface area contributed by atoms with Crippen LogP contribution in [0, 0.1) is 0 Å². The predicted octanol–water partition coefficient (Wildman–Crippen LogP) is 4.49. The number of para-hydroxylation sites is 1. The number of ether oxygens (including phenoxy) is 1. The normalized spacial score (nSPS) is 11.7. The van der Waals surface area contributed by atoms with Crippen molar-refractivity contribution in [1.82, 2.24) is 19.7 Å². The van der Waals surface area contributed by atoms with E-state index in [0.717, 1.165) is 10.2 Å². The van der Waals surface area contributed by atoms with E-state index in [1.807, 2.05) is 47.9 Å². The van der Waals surface area contributed by atoms with Crippen molar-refractivity contribution in [3.63, 3.8) is 0 Å². The highest BCUT2D eigenvalue weighted by molar-refractivity contribution is 9.10. The zero-order chi connectivity index (χ0) is 20.6. The maximum absolute atomic E-state index is 12.2. The molecule has 150 valence electrons. The molecule has 1 N–H and O–H groups in total. The number of carbonyl (C=O) groups excluding carboxylic acids is 1. The van der Waals surface area contributed by atoms with Gasteiger partial charge in [-0.05, 0) is 47.1 Å². The van der Waals surface area contributed by atoms with Gasteiger partial charge >= 0.3 is 0 Å². The van der Waals surface area contributed by atoms with E-state index in [1.165, 1.54) is 11.8 Å². The van der Waals surface area contributed by atoms with Crippen LogP contribution in [0.4, 0.5) is 5.82 Å². The molecule has 0 spiro atoms. The predicted molar refractivity (Wildman–Crippen MR) is 117 cm³/mol. The average molecular weight is 474 g/mol. The molecule has 3 rings (SSSR count). The molecule has 9 heteroatoms. The van der Waals surface area contributed by atoms with Gasteiger partial charge < -0.3 is 10.1 Å². The number of allylic oxidation sites excluding steroid dienone is 1. The number of carbonyl (C=O) groups is 1. The second kappa shape index (κ2) is 10.2. The Morgan fingerprint density at radius 1 is 1.31 bits per heavy atom. The van der Waals surface area contributed by atoms with E-state index in [9.17, 15) is 4.79 Å². The van der Waals surface area contributed by atoms with Crippen LogP contribution in [-0.2, 0) is 11.3 Å². The summed E-state index contributed by atoms with van der Waals surface area (Å²) in [6.45, 7) is 6.23. The van der Waals surface area contributed by atoms with Gasteiger partial charge in [-0.2, -0.15) is 0 Å². The standard InChI is InChI=1S/C20H20BrN5O2S/c1-3-11-26-19(14(2)28-16-7-5-4-6-8-16)24-25-20(26)29-13-18(27)23-17-10-9-15(21)12-22-17/h3-10,12,14H,1,11,13H2,2H3,(H,22,23,27). The van der Waals surface area contributed by atoms with Gasteiger partial charge in [-0.1, -0.05) is 36.0 Å². The van der Waals surface area contributed by atoms with Crippen molar-refractivity contribution in [2.45, 2.75) is 24.7 Å². The van der Waals surface area contributed by atoms with Gasteiger partial charge in [0.25, 0.3) is 0 Å². The van der Waals surface area contributed by atoms with Gasteiger partial charge in [-0.15, -0.1) is 16.8 Å². The molecule has 1 aromatic carbocycles. The summed E-state index contributed by atoms with van der Waals surface area (Å²) in [6, 6.07) is 13.1.